The van der Waals surface area contributed by atoms with Crippen molar-refractivity contribution in [2.24, 2.45) is 0 Å². The van der Waals surface area contributed by atoms with E-state index in [-0.39, 0.29) is 18.4 Å². The lowest BCUT2D eigenvalue weighted by atomic mass is 10.1. The summed E-state index contributed by atoms with van der Waals surface area (Å²) >= 11 is 0. The van der Waals surface area contributed by atoms with Gasteiger partial charge in [0.1, 0.15) is 6.54 Å². The molecule has 1 aliphatic heterocycles. The fraction of sp³-hybridized carbons (Fsp3) is 0.467. The van der Waals surface area contributed by atoms with Gasteiger partial charge in [0.05, 0.1) is 13.2 Å². The van der Waals surface area contributed by atoms with Crippen LogP contribution in [-0.2, 0) is 9.53 Å². The molecule has 1 atom stereocenters. The van der Waals surface area contributed by atoms with E-state index < -0.39 is 6.10 Å². The molecular weight excluding hydrogens is 272 g/mol. The van der Waals surface area contributed by atoms with Gasteiger partial charge in [-0.05, 0) is 31.0 Å². The summed E-state index contributed by atoms with van der Waals surface area (Å²) in [5, 5.41) is 12.6. The largest absolute Gasteiger partial charge is 0.468 e. The summed E-state index contributed by atoms with van der Waals surface area (Å²) in [5.74, 6) is -0.471. The van der Waals surface area contributed by atoms with Crippen LogP contribution in [0, 0.1) is 0 Å². The number of hydrogen-bond acceptors (Lipinski definition) is 5. The Bertz CT molecular complexity index is 518. The standard InChI is InChI=1S/C15H20N2O4/c1-21-14(19)9-16-12-5-2-4-11(8-12)15(20)17-7-3-6-13(18)10-17/h2,4-5,8,13,16,18H,3,6-7,9-10H2,1H3/t13-/m0/s1. The fourth-order valence-electron chi connectivity index (χ4n) is 2.33. The Balaban J connectivity index is 2.02. The normalized spacial score (nSPS) is 18.2. The van der Waals surface area contributed by atoms with Gasteiger partial charge in [0.2, 0.25) is 0 Å². The monoisotopic (exact) mass is 292 g/mol. The van der Waals surface area contributed by atoms with Gasteiger partial charge in [0.25, 0.3) is 5.91 Å². The Morgan fingerprint density at radius 2 is 2.29 bits per heavy atom. The van der Waals surface area contributed by atoms with Gasteiger partial charge in [-0.2, -0.15) is 0 Å². The van der Waals surface area contributed by atoms with Crippen LogP contribution in [0.25, 0.3) is 0 Å². The molecule has 2 rings (SSSR count). The molecule has 1 amide bonds. The van der Waals surface area contributed by atoms with Crippen LogP contribution in [0.5, 0.6) is 0 Å². The third-order valence-electron chi connectivity index (χ3n) is 3.46. The average Bonchev–Trinajstić information content (AvgIpc) is 2.52. The topological polar surface area (TPSA) is 78.9 Å². The zero-order chi connectivity index (χ0) is 15.2. The van der Waals surface area contributed by atoms with Crippen molar-refractivity contribution in [3.63, 3.8) is 0 Å². The first-order chi connectivity index (χ1) is 10.1. The number of likely N-dealkylation sites (tertiary alicyclic amines) is 1. The number of ether oxygens (including phenoxy) is 1. The van der Waals surface area contributed by atoms with Crippen molar-refractivity contribution in [3.8, 4) is 0 Å². The van der Waals surface area contributed by atoms with Gasteiger partial charge < -0.3 is 20.1 Å². The van der Waals surface area contributed by atoms with Gasteiger partial charge in [0, 0.05) is 24.3 Å². The van der Waals surface area contributed by atoms with Crippen LogP contribution in [0.1, 0.15) is 23.2 Å². The quantitative estimate of drug-likeness (QED) is 0.805. The van der Waals surface area contributed by atoms with Gasteiger partial charge in [-0.1, -0.05) is 6.07 Å². The number of benzene rings is 1. The zero-order valence-corrected chi connectivity index (χ0v) is 12.0. The van der Waals surface area contributed by atoms with E-state index >= 15 is 0 Å². The maximum Gasteiger partial charge on any atom is 0.325 e. The number of β-amino-alcohol motifs (C(OH)–C–C–N with tert-alkyl or cyclic N) is 1. The van der Waals surface area contributed by atoms with Crippen molar-refractivity contribution in [1.82, 2.24) is 4.90 Å². The molecule has 6 nitrogen and oxygen atoms in total. The highest BCUT2D eigenvalue weighted by Gasteiger charge is 2.23. The van der Waals surface area contributed by atoms with Crippen LogP contribution < -0.4 is 5.32 Å². The van der Waals surface area contributed by atoms with Crippen molar-refractivity contribution in [3.05, 3.63) is 29.8 Å². The summed E-state index contributed by atoms with van der Waals surface area (Å²) < 4.78 is 4.55. The van der Waals surface area contributed by atoms with E-state index in [1.54, 1.807) is 29.2 Å². The molecule has 1 aliphatic rings. The number of hydrogen-bond donors (Lipinski definition) is 2. The molecule has 1 saturated heterocycles. The van der Waals surface area contributed by atoms with E-state index in [1.807, 2.05) is 0 Å². The number of amides is 1. The zero-order valence-electron chi connectivity index (χ0n) is 12.0. The Kier molecular flexibility index (Phi) is 5.16. The molecule has 0 saturated carbocycles. The van der Waals surface area contributed by atoms with Crippen LogP contribution in [0.2, 0.25) is 0 Å². The summed E-state index contributed by atoms with van der Waals surface area (Å²) in [5.41, 5.74) is 1.22. The number of carbonyl (C=O) groups excluding carboxylic acids is 2. The van der Waals surface area contributed by atoms with Gasteiger partial charge >= 0.3 is 5.97 Å². The number of carbonyl (C=O) groups is 2. The maximum absolute atomic E-state index is 12.4. The van der Waals surface area contributed by atoms with Crippen LogP contribution >= 0.6 is 0 Å². The van der Waals surface area contributed by atoms with Crippen molar-refractivity contribution >= 4 is 17.6 Å². The molecule has 1 heterocycles. The molecule has 0 unspecified atom stereocenters. The number of nitrogens with one attached hydrogen (secondary N) is 1. The van der Waals surface area contributed by atoms with E-state index in [9.17, 15) is 14.7 Å². The summed E-state index contributed by atoms with van der Waals surface area (Å²) in [6.07, 6.45) is 1.11. The SMILES string of the molecule is COC(=O)CNc1cccc(C(=O)N2CCC[C@H](O)C2)c1. The van der Waals surface area contributed by atoms with Crippen LogP contribution in [0.3, 0.4) is 0 Å². The predicted octanol–water partition coefficient (Wildman–Crippen LogP) is 0.868. The summed E-state index contributed by atoms with van der Waals surface area (Å²) in [6.45, 7) is 1.09. The molecule has 0 aliphatic carbocycles. The lowest BCUT2D eigenvalue weighted by Crippen LogP contribution is -2.42. The van der Waals surface area contributed by atoms with E-state index in [1.165, 1.54) is 7.11 Å². The highest BCUT2D eigenvalue weighted by molar-refractivity contribution is 5.95. The van der Waals surface area contributed by atoms with E-state index in [0.29, 0.717) is 24.3 Å². The number of esters is 1. The first-order valence-electron chi connectivity index (χ1n) is 6.98. The number of rotatable bonds is 4. The van der Waals surface area contributed by atoms with Crippen LogP contribution in [0.15, 0.2) is 24.3 Å². The third kappa shape index (κ3) is 4.19. The van der Waals surface area contributed by atoms with Crippen molar-refractivity contribution in [1.29, 1.82) is 0 Å². The minimum atomic E-state index is -0.441. The van der Waals surface area contributed by atoms with Crippen molar-refractivity contribution in [2.45, 2.75) is 18.9 Å². The molecule has 0 aromatic heterocycles. The summed E-state index contributed by atoms with van der Waals surface area (Å²) in [6, 6.07) is 6.97. The Morgan fingerprint density at radius 1 is 1.48 bits per heavy atom. The van der Waals surface area contributed by atoms with Gasteiger partial charge in [0.15, 0.2) is 0 Å². The van der Waals surface area contributed by atoms with E-state index in [2.05, 4.69) is 10.1 Å². The fourth-order valence-corrected chi connectivity index (χ4v) is 2.33. The second kappa shape index (κ2) is 7.08. The number of piperidine rings is 1. The molecule has 1 aromatic rings. The lowest BCUT2D eigenvalue weighted by molar-refractivity contribution is -0.138. The minimum Gasteiger partial charge on any atom is -0.468 e. The summed E-state index contributed by atoms with van der Waals surface area (Å²) in [4.78, 5) is 25.1. The molecule has 0 radical (unpaired) electrons. The number of nitrogens with zero attached hydrogens (tertiary/aromatic N) is 1. The van der Waals surface area contributed by atoms with Gasteiger partial charge in [-0.25, -0.2) is 0 Å². The lowest BCUT2D eigenvalue weighted by Gasteiger charge is -2.30. The highest BCUT2D eigenvalue weighted by atomic mass is 16.5. The number of aliphatic hydroxyl groups is 1. The van der Waals surface area contributed by atoms with Crippen molar-refractivity contribution in [2.75, 3.05) is 32.1 Å². The number of methoxy groups -OCH3 is 1. The van der Waals surface area contributed by atoms with E-state index in [4.69, 9.17) is 0 Å². The molecule has 2 N–H and O–H groups in total. The van der Waals surface area contributed by atoms with Crippen LogP contribution in [-0.4, -0.2) is 54.7 Å². The molecule has 0 spiro atoms. The molecule has 1 fully saturated rings. The van der Waals surface area contributed by atoms with E-state index in [0.717, 1.165) is 12.8 Å². The Morgan fingerprint density at radius 3 is 3.00 bits per heavy atom. The number of anilines is 1. The maximum atomic E-state index is 12.4. The van der Waals surface area contributed by atoms with Gasteiger partial charge in [-0.3, -0.25) is 9.59 Å². The predicted molar refractivity (Wildman–Crippen MR) is 78.1 cm³/mol. The first kappa shape index (κ1) is 15.3. The molecular formula is C15H20N2O4. The number of aliphatic hydroxyl groups excluding tert-OH is 1. The molecule has 0 bridgehead atoms. The second-order valence-corrected chi connectivity index (χ2v) is 5.06. The molecule has 114 valence electrons. The average molecular weight is 292 g/mol. The van der Waals surface area contributed by atoms with Crippen LogP contribution in [0.4, 0.5) is 5.69 Å². The molecule has 21 heavy (non-hydrogen) atoms. The summed E-state index contributed by atoms with van der Waals surface area (Å²) in [7, 11) is 1.33. The highest BCUT2D eigenvalue weighted by Crippen LogP contribution is 2.16. The first-order valence-corrected chi connectivity index (χ1v) is 6.98. The minimum absolute atomic E-state index is 0.0522. The Labute approximate surface area is 123 Å². The molecule has 6 heteroatoms. The third-order valence-corrected chi connectivity index (χ3v) is 3.46. The van der Waals surface area contributed by atoms with Crippen molar-refractivity contribution < 1.29 is 19.4 Å². The molecule has 1 aromatic carbocycles. The smallest absolute Gasteiger partial charge is 0.325 e. The second-order valence-electron chi connectivity index (χ2n) is 5.06. The van der Waals surface area contributed by atoms with Gasteiger partial charge in [-0.15, -0.1) is 0 Å². The Hall–Kier alpha value is -2.08.